The molecule has 0 heterocycles. The molecule has 66 valence electrons. The molecule has 1 unspecified atom stereocenters. The smallest absolute Gasteiger partial charge is 0.0723 e. The minimum absolute atomic E-state index is 0.222. The van der Waals surface area contributed by atoms with Crippen LogP contribution in [0.25, 0.3) is 0 Å². The van der Waals surface area contributed by atoms with Gasteiger partial charge < -0.3 is 5.11 Å². The van der Waals surface area contributed by atoms with E-state index >= 15 is 0 Å². The van der Waals surface area contributed by atoms with Gasteiger partial charge in [0.05, 0.1) is 6.10 Å². The van der Waals surface area contributed by atoms with E-state index in [2.05, 4.69) is 5.92 Å². The van der Waals surface area contributed by atoms with Crippen molar-refractivity contribution in [1.82, 2.24) is 0 Å². The Hall–Kier alpha value is -0.740. The number of hydrogen-bond donors (Lipinski definition) is 1. The van der Waals surface area contributed by atoms with Crippen LogP contribution in [0.3, 0.4) is 0 Å². The molecule has 0 aromatic carbocycles. The van der Waals surface area contributed by atoms with Crippen LogP contribution in [0.4, 0.5) is 0 Å². The molecule has 0 spiro atoms. The molecule has 1 atom stereocenters. The SMILES string of the molecule is C#CCCC1=CC(O)CCCC1. The first-order valence-corrected chi connectivity index (χ1v) is 4.64. The molecule has 1 heteroatoms. The molecular weight excluding hydrogens is 148 g/mol. The lowest BCUT2D eigenvalue weighted by atomic mass is 10.1. The van der Waals surface area contributed by atoms with Gasteiger partial charge in [-0.15, -0.1) is 12.3 Å². The van der Waals surface area contributed by atoms with Crippen LogP contribution in [0.2, 0.25) is 0 Å². The van der Waals surface area contributed by atoms with Crippen molar-refractivity contribution in [1.29, 1.82) is 0 Å². The summed E-state index contributed by atoms with van der Waals surface area (Å²) in [6, 6.07) is 0. The fraction of sp³-hybridized carbons (Fsp3) is 0.636. The van der Waals surface area contributed by atoms with Gasteiger partial charge >= 0.3 is 0 Å². The zero-order valence-electron chi connectivity index (χ0n) is 7.42. The van der Waals surface area contributed by atoms with E-state index in [0.717, 1.165) is 32.1 Å². The van der Waals surface area contributed by atoms with E-state index in [1.807, 2.05) is 6.08 Å². The van der Waals surface area contributed by atoms with Crippen LogP contribution < -0.4 is 0 Å². The van der Waals surface area contributed by atoms with Crippen molar-refractivity contribution in [3.8, 4) is 12.3 Å². The summed E-state index contributed by atoms with van der Waals surface area (Å²) in [5.74, 6) is 2.63. The fourth-order valence-corrected chi connectivity index (χ4v) is 1.59. The van der Waals surface area contributed by atoms with Gasteiger partial charge in [0.25, 0.3) is 0 Å². The van der Waals surface area contributed by atoms with Crippen LogP contribution in [-0.4, -0.2) is 11.2 Å². The van der Waals surface area contributed by atoms with E-state index in [0.29, 0.717) is 0 Å². The van der Waals surface area contributed by atoms with Crippen LogP contribution in [-0.2, 0) is 0 Å². The Bertz CT molecular complexity index is 198. The first-order valence-electron chi connectivity index (χ1n) is 4.64. The van der Waals surface area contributed by atoms with Crippen molar-refractivity contribution in [3.05, 3.63) is 11.6 Å². The highest BCUT2D eigenvalue weighted by atomic mass is 16.3. The third kappa shape index (κ3) is 3.11. The fourth-order valence-electron chi connectivity index (χ4n) is 1.59. The lowest BCUT2D eigenvalue weighted by Gasteiger charge is -2.02. The predicted octanol–water partition coefficient (Wildman–Crippen LogP) is 2.26. The maximum atomic E-state index is 9.43. The molecule has 0 aromatic rings. The summed E-state index contributed by atoms with van der Waals surface area (Å²) >= 11 is 0. The second-order valence-corrected chi connectivity index (χ2v) is 3.34. The molecule has 0 amide bonds. The van der Waals surface area contributed by atoms with Gasteiger partial charge in [0, 0.05) is 6.42 Å². The molecule has 0 fully saturated rings. The van der Waals surface area contributed by atoms with Gasteiger partial charge in [0.2, 0.25) is 0 Å². The van der Waals surface area contributed by atoms with E-state index < -0.39 is 0 Å². The second kappa shape index (κ2) is 5.00. The number of aliphatic hydroxyl groups is 1. The maximum absolute atomic E-state index is 9.43. The van der Waals surface area contributed by atoms with Crippen molar-refractivity contribution >= 4 is 0 Å². The summed E-state index contributed by atoms with van der Waals surface area (Å²) in [7, 11) is 0. The van der Waals surface area contributed by atoms with E-state index in [4.69, 9.17) is 6.42 Å². The van der Waals surface area contributed by atoms with Crippen molar-refractivity contribution in [2.75, 3.05) is 0 Å². The molecule has 1 N–H and O–H groups in total. The van der Waals surface area contributed by atoms with Crippen LogP contribution >= 0.6 is 0 Å². The van der Waals surface area contributed by atoms with Crippen LogP contribution in [0.1, 0.15) is 38.5 Å². The zero-order chi connectivity index (χ0) is 8.81. The van der Waals surface area contributed by atoms with Gasteiger partial charge in [-0.05, 0) is 25.7 Å². The summed E-state index contributed by atoms with van der Waals surface area (Å²) < 4.78 is 0. The van der Waals surface area contributed by atoms with Gasteiger partial charge in [0.15, 0.2) is 0 Å². The van der Waals surface area contributed by atoms with E-state index in [-0.39, 0.29) is 6.10 Å². The van der Waals surface area contributed by atoms with Gasteiger partial charge in [-0.1, -0.05) is 18.1 Å². The first kappa shape index (κ1) is 9.35. The predicted molar refractivity (Wildman–Crippen MR) is 50.6 cm³/mol. The first-order chi connectivity index (χ1) is 5.83. The lowest BCUT2D eigenvalue weighted by molar-refractivity contribution is 0.211. The third-order valence-electron chi connectivity index (χ3n) is 2.27. The lowest BCUT2D eigenvalue weighted by Crippen LogP contribution is -2.00. The largest absolute Gasteiger partial charge is 0.389 e. The van der Waals surface area contributed by atoms with Crippen molar-refractivity contribution in [2.24, 2.45) is 0 Å². The molecule has 1 aliphatic rings. The van der Waals surface area contributed by atoms with Gasteiger partial charge in [-0.25, -0.2) is 0 Å². The maximum Gasteiger partial charge on any atom is 0.0723 e. The molecule has 0 saturated heterocycles. The van der Waals surface area contributed by atoms with Crippen molar-refractivity contribution in [2.45, 2.75) is 44.6 Å². The average molecular weight is 164 g/mol. The standard InChI is InChI=1S/C11H16O/c1-2-3-6-10-7-4-5-8-11(12)9-10/h1,9,11-12H,3-8H2. The molecule has 0 bridgehead atoms. The molecule has 0 aliphatic heterocycles. The number of terminal acetylenes is 1. The molecule has 0 saturated carbocycles. The van der Waals surface area contributed by atoms with Crippen molar-refractivity contribution in [3.63, 3.8) is 0 Å². The summed E-state index contributed by atoms with van der Waals surface area (Å²) in [6.07, 6.45) is 13.1. The number of rotatable bonds is 2. The summed E-state index contributed by atoms with van der Waals surface area (Å²) in [4.78, 5) is 0. The highest BCUT2D eigenvalue weighted by Crippen LogP contribution is 2.20. The molecule has 0 aromatic heterocycles. The number of hydrogen-bond acceptors (Lipinski definition) is 1. The Labute approximate surface area is 74.5 Å². The monoisotopic (exact) mass is 164 g/mol. The second-order valence-electron chi connectivity index (χ2n) is 3.34. The molecule has 0 radical (unpaired) electrons. The number of allylic oxidation sites excluding steroid dienone is 1. The molecule has 1 rings (SSSR count). The third-order valence-corrected chi connectivity index (χ3v) is 2.27. The Morgan fingerprint density at radius 1 is 1.58 bits per heavy atom. The van der Waals surface area contributed by atoms with E-state index in [9.17, 15) is 5.11 Å². The number of aliphatic hydroxyl groups excluding tert-OH is 1. The van der Waals surface area contributed by atoms with Crippen LogP contribution in [0.5, 0.6) is 0 Å². The highest BCUT2D eigenvalue weighted by molar-refractivity contribution is 5.08. The Morgan fingerprint density at radius 3 is 3.17 bits per heavy atom. The summed E-state index contributed by atoms with van der Waals surface area (Å²) in [5, 5.41) is 9.43. The van der Waals surface area contributed by atoms with Crippen LogP contribution in [0, 0.1) is 12.3 Å². The van der Waals surface area contributed by atoms with E-state index in [1.54, 1.807) is 0 Å². The molecule has 1 nitrogen and oxygen atoms in total. The molecular formula is C11H16O. The van der Waals surface area contributed by atoms with Gasteiger partial charge in [-0.3, -0.25) is 0 Å². The summed E-state index contributed by atoms with van der Waals surface area (Å²) in [6.45, 7) is 0. The normalized spacial score (nSPS) is 24.0. The van der Waals surface area contributed by atoms with Gasteiger partial charge in [0.1, 0.15) is 0 Å². The van der Waals surface area contributed by atoms with Gasteiger partial charge in [-0.2, -0.15) is 0 Å². The topological polar surface area (TPSA) is 20.2 Å². The average Bonchev–Trinajstić information content (AvgIpc) is 2.26. The Morgan fingerprint density at radius 2 is 2.42 bits per heavy atom. The summed E-state index contributed by atoms with van der Waals surface area (Å²) in [5.41, 5.74) is 1.35. The zero-order valence-corrected chi connectivity index (χ0v) is 7.42. The Kier molecular flexibility index (Phi) is 3.90. The van der Waals surface area contributed by atoms with Crippen LogP contribution in [0.15, 0.2) is 11.6 Å². The molecule has 12 heavy (non-hydrogen) atoms. The Balaban J connectivity index is 2.43. The quantitative estimate of drug-likeness (QED) is 0.490. The minimum Gasteiger partial charge on any atom is -0.389 e. The molecule has 1 aliphatic carbocycles. The minimum atomic E-state index is -0.222. The van der Waals surface area contributed by atoms with E-state index in [1.165, 1.54) is 12.0 Å². The van der Waals surface area contributed by atoms with Crippen molar-refractivity contribution < 1.29 is 5.11 Å². The highest BCUT2D eigenvalue weighted by Gasteiger charge is 2.08.